The molecule has 1 fully saturated rings. The van der Waals surface area contributed by atoms with Gasteiger partial charge in [-0.2, -0.15) is 0 Å². The number of rotatable bonds is 4. The lowest BCUT2D eigenvalue weighted by Crippen LogP contribution is -2.29. The molecule has 26 heavy (non-hydrogen) atoms. The molecular formula is C22H25N3O. The summed E-state index contributed by atoms with van der Waals surface area (Å²) in [4.78, 5) is 7.13. The molecule has 2 heterocycles. The molecule has 0 bridgehead atoms. The molecule has 1 aromatic heterocycles. The van der Waals surface area contributed by atoms with Crippen molar-refractivity contribution >= 4 is 22.4 Å². The summed E-state index contributed by atoms with van der Waals surface area (Å²) >= 11 is 0. The summed E-state index contributed by atoms with van der Waals surface area (Å²) in [6.45, 7) is 5.13. The first-order chi connectivity index (χ1) is 12.7. The monoisotopic (exact) mass is 347 g/mol. The van der Waals surface area contributed by atoms with E-state index in [1.165, 1.54) is 30.2 Å². The first-order valence-electron chi connectivity index (χ1n) is 9.37. The highest BCUT2D eigenvalue weighted by molar-refractivity contribution is 5.84. The lowest BCUT2D eigenvalue weighted by molar-refractivity contribution is 0.218. The number of aryl methyl sites for hydroxylation is 1. The van der Waals surface area contributed by atoms with E-state index in [4.69, 9.17) is 4.98 Å². The van der Waals surface area contributed by atoms with E-state index in [0.717, 1.165) is 42.2 Å². The van der Waals surface area contributed by atoms with Crippen molar-refractivity contribution in [2.24, 2.45) is 0 Å². The number of fused-ring (bicyclic) bond motifs is 1. The number of hydrogen-bond donors (Lipinski definition) is 2. The molecule has 3 aromatic rings. The van der Waals surface area contributed by atoms with Crippen LogP contribution in [-0.2, 0) is 6.54 Å². The summed E-state index contributed by atoms with van der Waals surface area (Å²) in [5.41, 5.74) is 4.11. The zero-order valence-corrected chi connectivity index (χ0v) is 15.2. The molecule has 4 rings (SSSR count). The third-order valence-corrected chi connectivity index (χ3v) is 5.12. The van der Waals surface area contributed by atoms with Crippen molar-refractivity contribution in [3.8, 4) is 5.75 Å². The Morgan fingerprint density at radius 2 is 1.85 bits per heavy atom. The SMILES string of the molecule is Cc1cc(Nc2ccc(O)c(CN3CCCCC3)c2)nc2ccccc12. The van der Waals surface area contributed by atoms with Crippen LogP contribution < -0.4 is 5.32 Å². The average Bonchev–Trinajstić information content (AvgIpc) is 2.65. The number of hydrogen-bond acceptors (Lipinski definition) is 4. The lowest BCUT2D eigenvalue weighted by atomic mass is 10.1. The van der Waals surface area contributed by atoms with Crippen molar-refractivity contribution < 1.29 is 5.11 Å². The topological polar surface area (TPSA) is 48.4 Å². The molecule has 0 atom stereocenters. The average molecular weight is 347 g/mol. The Morgan fingerprint density at radius 3 is 2.69 bits per heavy atom. The van der Waals surface area contributed by atoms with Crippen LogP contribution >= 0.6 is 0 Å². The number of phenolic OH excluding ortho intramolecular Hbond substituents is 1. The highest BCUT2D eigenvalue weighted by atomic mass is 16.3. The Labute approximate surface area is 154 Å². The molecule has 0 unspecified atom stereocenters. The maximum absolute atomic E-state index is 10.2. The molecule has 1 aliphatic rings. The van der Waals surface area contributed by atoms with Crippen LogP contribution in [0.3, 0.4) is 0 Å². The van der Waals surface area contributed by atoms with Gasteiger partial charge in [-0.25, -0.2) is 4.98 Å². The molecule has 2 aromatic carbocycles. The van der Waals surface area contributed by atoms with Crippen LogP contribution in [0.5, 0.6) is 5.75 Å². The van der Waals surface area contributed by atoms with Gasteiger partial charge in [0.25, 0.3) is 0 Å². The number of piperidine rings is 1. The third-order valence-electron chi connectivity index (χ3n) is 5.12. The van der Waals surface area contributed by atoms with Gasteiger partial charge in [0.05, 0.1) is 5.52 Å². The van der Waals surface area contributed by atoms with Crippen LogP contribution in [-0.4, -0.2) is 28.1 Å². The van der Waals surface area contributed by atoms with Gasteiger partial charge in [0.1, 0.15) is 11.6 Å². The number of likely N-dealkylation sites (tertiary alicyclic amines) is 1. The van der Waals surface area contributed by atoms with Crippen molar-refractivity contribution in [3.63, 3.8) is 0 Å². The van der Waals surface area contributed by atoms with Crippen LogP contribution in [0.4, 0.5) is 11.5 Å². The van der Waals surface area contributed by atoms with E-state index in [1.807, 2.05) is 30.3 Å². The van der Waals surface area contributed by atoms with Gasteiger partial charge in [0, 0.05) is 23.2 Å². The Bertz CT molecular complexity index is 916. The van der Waals surface area contributed by atoms with E-state index in [1.54, 1.807) is 6.07 Å². The largest absolute Gasteiger partial charge is 0.508 e. The summed E-state index contributed by atoms with van der Waals surface area (Å²) in [6.07, 6.45) is 3.81. The normalized spacial score (nSPS) is 15.3. The van der Waals surface area contributed by atoms with Gasteiger partial charge in [0.2, 0.25) is 0 Å². The highest BCUT2D eigenvalue weighted by Gasteiger charge is 2.13. The van der Waals surface area contributed by atoms with E-state index in [-0.39, 0.29) is 0 Å². The summed E-state index contributed by atoms with van der Waals surface area (Å²) in [5.74, 6) is 1.19. The Kier molecular flexibility index (Phi) is 4.76. The van der Waals surface area contributed by atoms with Gasteiger partial charge in [-0.05, 0) is 68.8 Å². The van der Waals surface area contributed by atoms with Gasteiger partial charge in [0.15, 0.2) is 0 Å². The Hall–Kier alpha value is -2.59. The smallest absolute Gasteiger partial charge is 0.131 e. The van der Waals surface area contributed by atoms with Crippen molar-refractivity contribution in [1.82, 2.24) is 9.88 Å². The van der Waals surface area contributed by atoms with E-state index >= 15 is 0 Å². The van der Waals surface area contributed by atoms with E-state index in [2.05, 4.69) is 29.3 Å². The maximum atomic E-state index is 10.2. The minimum atomic E-state index is 0.365. The molecule has 0 amide bonds. The van der Waals surface area contributed by atoms with Gasteiger partial charge in [-0.3, -0.25) is 4.90 Å². The second-order valence-electron chi connectivity index (χ2n) is 7.15. The van der Waals surface area contributed by atoms with E-state index < -0.39 is 0 Å². The zero-order valence-electron chi connectivity index (χ0n) is 15.2. The van der Waals surface area contributed by atoms with Gasteiger partial charge < -0.3 is 10.4 Å². The summed E-state index contributed by atoms with van der Waals surface area (Å²) < 4.78 is 0. The molecule has 4 heteroatoms. The van der Waals surface area contributed by atoms with Crippen LogP contribution in [0, 0.1) is 6.92 Å². The first-order valence-corrected chi connectivity index (χ1v) is 9.37. The number of aromatic nitrogens is 1. The predicted molar refractivity (Wildman–Crippen MR) is 107 cm³/mol. The quantitative estimate of drug-likeness (QED) is 0.654. The van der Waals surface area contributed by atoms with Crippen molar-refractivity contribution in [3.05, 3.63) is 59.7 Å². The van der Waals surface area contributed by atoms with Crippen molar-refractivity contribution in [2.75, 3.05) is 18.4 Å². The lowest BCUT2D eigenvalue weighted by Gasteiger charge is -2.26. The zero-order chi connectivity index (χ0) is 17.9. The van der Waals surface area contributed by atoms with Crippen LogP contribution in [0.1, 0.15) is 30.4 Å². The number of nitrogens with one attached hydrogen (secondary N) is 1. The highest BCUT2D eigenvalue weighted by Crippen LogP contribution is 2.27. The van der Waals surface area contributed by atoms with Gasteiger partial charge in [-0.15, -0.1) is 0 Å². The second-order valence-corrected chi connectivity index (χ2v) is 7.15. The number of anilines is 2. The van der Waals surface area contributed by atoms with Crippen molar-refractivity contribution in [1.29, 1.82) is 0 Å². The molecule has 0 radical (unpaired) electrons. The molecule has 0 aliphatic carbocycles. The van der Waals surface area contributed by atoms with Crippen molar-refractivity contribution in [2.45, 2.75) is 32.7 Å². The number of pyridine rings is 1. The Morgan fingerprint density at radius 1 is 1.04 bits per heavy atom. The van der Waals surface area contributed by atoms with E-state index in [0.29, 0.717) is 5.75 Å². The summed E-state index contributed by atoms with van der Waals surface area (Å²) in [7, 11) is 0. The molecule has 2 N–H and O–H groups in total. The first kappa shape index (κ1) is 16.9. The second kappa shape index (κ2) is 7.34. The molecule has 134 valence electrons. The minimum absolute atomic E-state index is 0.365. The van der Waals surface area contributed by atoms with Gasteiger partial charge >= 0.3 is 0 Å². The fraction of sp³-hybridized carbons (Fsp3) is 0.318. The Balaban J connectivity index is 1.57. The molecule has 0 saturated carbocycles. The third kappa shape index (κ3) is 3.65. The standard InChI is InChI=1S/C22H25N3O/c1-16-13-22(24-20-8-4-3-7-19(16)20)23-18-9-10-21(26)17(14-18)15-25-11-5-2-6-12-25/h3-4,7-10,13-14,26H,2,5-6,11-12,15H2,1H3,(H,23,24). The summed E-state index contributed by atoms with van der Waals surface area (Å²) in [6, 6.07) is 16.0. The molecule has 0 spiro atoms. The predicted octanol–water partition coefficient (Wildman–Crippen LogP) is 4.98. The molecule has 4 nitrogen and oxygen atoms in total. The fourth-order valence-corrected chi connectivity index (χ4v) is 3.71. The number of benzene rings is 2. The maximum Gasteiger partial charge on any atom is 0.131 e. The minimum Gasteiger partial charge on any atom is -0.508 e. The van der Waals surface area contributed by atoms with E-state index in [9.17, 15) is 5.11 Å². The molecule has 1 aliphatic heterocycles. The number of aromatic hydroxyl groups is 1. The van der Waals surface area contributed by atoms with Crippen LogP contribution in [0.25, 0.3) is 10.9 Å². The number of para-hydroxylation sites is 1. The number of phenols is 1. The number of nitrogens with zero attached hydrogens (tertiary/aromatic N) is 2. The van der Waals surface area contributed by atoms with Gasteiger partial charge in [-0.1, -0.05) is 24.6 Å². The van der Waals surface area contributed by atoms with Crippen LogP contribution in [0.15, 0.2) is 48.5 Å². The summed E-state index contributed by atoms with van der Waals surface area (Å²) in [5, 5.41) is 14.8. The fourth-order valence-electron chi connectivity index (χ4n) is 3.71. The molecule has 1 saturated heterocycles. The molecular weight excluding hydrogens is 322 g/mol. The van der Waals surface area contributed by atoms with Crippen LogP contribution in [0.2, 0.25) is 0 Å².